The molecule has 1 aliphatic rings. The van der Waals surface area contributed by atoms with Gasteiger partial charge in [-0.05, 0) is 5.56 Å². The molecule has 0 aliphatic carbocycles. The van der Waals surface area contributed by atoms with E-state index in [9.17, 15) is 25.2 Å². The second-order valence-corrected chi connectivity index (χ2v) is 4.56. The lowest BCUT2D eigenvalue weighted by atomic mass is 9.95. The molecule has 0 amide bonds. The van der Waals surface area contributed by atoms with Gasteiger partial charge in [0.15, 0.2) is 6.10 Å². The van der Waals surface area contributed by atoms with Gasteiger partial charge in [0.05, 0.1) is 6.42 Å². The van der Waals surface area contributed by atoms with Crippen LogP contribution in [0, 0.1) is 0 Å². The van der Waals surface area contributed by atoms with Crippen molar-refractivity contribution in [2.45, 2.75) is 36.9 Å². The minimum absolute atomic E-state index is 0.226. The molecule has 2 rings (SSSR count). The van der Waals surface area contributed by atoms with Crippen LogP contribution in [0.15, 0.2) is 30.3 Å². The summed E-state index contributed by atoms with van der Waals surface area (Å²) in [6.45, 7) is 0. The molecule has 0 unspecified atom stereocenters. The Kier molecular flexibility index (Phi) is 4.16. The van der Waals surface area contributed by atoms with Gasteiger partial charge in [0.1, 0.15) is 24.4 Å². The number of cyclic esters (lactones) is 1. The average Bonchev–Trinajstić information content (AvgIpc) is 2.76. The van der Waals surface area contributed by atoms with Gasteiger partial charge in [-0.3, -0.25) is 4.79 Å². The first-order valence-electron chi connectivity index (χ1n) is 5.97. The molecule has 0 aromatic heterocycles. The van der Waals surface area contributed by atoms with E-state index < -0.39 is 36.5 Å². The summed E-state index contributed by atoms with van der Waals surface area (Å²) in [7, 11) is 0. The summed E-state index contributed by atoms with van der Waals surface area (Å²) in [5.74, 6) is -0.641. The Morgan fingerprint density at radius 1 is 1.16 bits per heavy atom. The van der Waals surface area contributed by atoms with Crippen molar-refractivity contribution in [1.29, 1.82) is 0 Å². The minimum atomic E-state index is -1.56. The van der Waals surface area contributed by atoms with E-state index in [1.165, 1.54) is 0 Å². The summed E-state index contributed by atoms with van der Waals surface area (Å²) < 4.78 is 4.73. The first kappa shape index (κ1) is 14.0. The monoisotopic (exact) mass is 268 g/mol. The maximum atomic E-state index is 11.0. The highest BCUT2D eigenvalue weighted by atomic mass is 16.6. The lowest BCUT2D eigenvalue weighted by molar-refractivity contribution is -0.157. The zero-order valence-corrected chi connectivity index (χ0v) is 10.1. The number of hydrogen-bond acceptors (Lipinski definition) is 6. The Bertz CT molecular complexity index is 434. The molecule has 1 heterocycles. The predicted molar refractivity (Wildman–Crippen MR) is 63.9 cm³/mol. The van der Waals surface area contributed by atoms with E-state index in [4.69, 9.17) is 4.74 Å². The molecule has 1 aliphatic heterocycles. The number of rotatable bonds is 4. The second-order valence-electron chi connectivity index (χ2n) is 4.56. The molecule has 1 fully saturated rings. The topological polar surface area (TPSA) is 107 Å². The fourth-order valence-corrected chi connectivity index (χ4v) is 2.09. The molecule has 0 bridgehead atoms. The third-order valence-corrected chi connectivity index (χ3v) is 3.17. The Morgan fingerprint density at radius 2 is 1.79 bits per heavy atom. The number of esters is 1. The summed E-state index contributed by atoms with van der Waals surface area (Å²) in [6, 6.07) is 8.31. The van der Waals surface area contributed by atoms with Crippen molar-refractivity contribution < 1.29 is 30.0 Å². The van der Waals surface area contributed by atoms with E-state index >= 15 is 0 Å². The SMILES string of the molecule is O=C1C[C@@H](O)[C@@H]([C@@H](O)[C@@H](O)[C@@H](O)c2ccccc2)O1. The third kappa shape index (κ3) is 2.93. The molecule has 1 saturated heterocycles. The third-order valence-electron chi connectivity index (χ3n) is 3.17. The molecule has 19 heavy (non-hydrogen) atoms. The maximum Gasteiger partial charge on any atom is 0.309 e. The maximum absolute atomic E-state index is 11.0. The van der Waals surface area contributed by atoms with Crippen molar-refractivity contribution in [3.8, 4) is 0 Å². The van der Waals surface area contributed by atoms with Gasteiger partial charge < -0.3 is 25.2 Å². The summed E-state index contributed by atoms with van der Waals surface area (Å²) in [5, 5.41) is 39.3. The smallest absolute Gasteiger partial charge is 0.309 e. The van der Waals surface area contributed by atoms with E-state index in [-0.39, 0.29) is 6.42 Å². The van der Waals surface area contributed by atoms with Crippen LogP contribution in [0.5, 0.6) is 0 Å². The van der Waals surface area contributed by atoms with Crippen LogP contribution in [0.1, 0.15) is 18.1 Å². The number of aliphatic hydroxyl groups excluding tert-OH is 4. The number of carbonyl (C=O) groups is 1. The molecule has 1 aromatic carbocycles. The summed E-state index contributed by atoms with van der Waals surface area (Å²) >= 11 is 0. The quantitative estimate of drug-likeness (QED) is 0.528. The summed E-state index contributed by atoms with van der Waals surface area (Å²) in [6.07, 6.45) is -7.08. The molecule has 104 valence electrons. The first-order chi connectivity index (χ1) is 9.00. The highest BCUT2D eigenvalue weighted by Crippen LogP contribution is 2.25. The van der Waals surface area contributed by atoms with Gasteiger partial charge in [-0.2, -0.15) is 0 Å². The lowest BCUT2D eigenvalue weighted by Gasteiger charge is -2.27. The van der Waals surface area contributed by atoms with E-state index in [0.29, 0.717) is 5.56 Å². The highest BCUT2D eigenvalue weighted by Gasteiger charge is 2.43. The van der Waals surface area contributed by atoms with Crippen molar-refractivity contribution in [2.75, 3.05) is 0 Å². The van der Waals surface area contributed by atoms with Gasteiger partial charge in [-0.1, -0.05) is 30.3 Å². The van der Waals surface area contributed by atoms with Crippen LogP contribution < -0.4 is 0 Å². The van der Waals surface area contributed by atoms with Crippen LogP contribution in [-0.4, -0.2) is 50.8 Å². The molecule has 0 radical (unpaired) electrons. The van der Waals surface area contributed by atoms with Crippen molar-refractivity contribution >= 4 is 5.97 Å². The number of carbonyl (C=O) groups excluding carboxylic acids is 1. The van der Waals surface area contributed by atoms with Crippen molar-refractivity contribution in [1.82, 2.24) is 0 Å². The van der Waals surface area contributed by atoms with E-state index in [2.05, 4.69) is 0 Å². The number of ether oxygens (including phenoxy) is 1. The predicted octanol–water partition coefficient (Wildman–Crippen LogP) is -0.882. The zero-order chi connectivity index (χ0) is 14.0. The molecule has 1 aromatic rings. The zero-order valence-electron chi connectivity index (χ0n) is 10.1. The number of hydrogen-bond donors (Lipinski definition) is 4. The molecule has 0 saturated carbocycles. The van der Waals surface area contributed by atoms with Crippen molar-refractivity contribution in [2.24, 2.45) is 0 Å². The first-order valence-corrected chi connectivity index (χ1v) is 5.97. The average molecular weight is 268 g/mol. The van der Waals surface area contributed by atoms with Crippen LogP contribution in [0.25, 0.3) is 0 Å². The van der Waals surface area contributed by atoms with Crippen LogP contribution in [0.4, 0.5) is 0 Å². The van der Waals surface area contributed by atoms with Gasteiger partial charge in [0.2, 0.25) is 0 Å². The number of benzene rings is 1. The minimum Gasteiger partial charge on any atom is -0.457 e. The molecular weight excluding hydrogens is 252 g/mol. The molecule has 6 nitrogen and oxygen atoms in total. The van der Waals surface area contributed by atoms with Crippen molar-refractivity contribution in [3.05, 3.63) is 35.9 Å². The van der Waals surface area contributed by atoms with Crippen LogP contribution >= 0.6 is 0 Å². The lowest BCUT2D eigenvalue weighted by Crippen LogP contribution is -2.45. The largest absolute Gasteiger partial charge is 0.457 e. The van der Waals surface area contributed by atoms with Gasteiger partial charge in [-0.25, -0.2) is 0 Å². The molecule has 4 N–H and O–H groups in total. The van der Waals surface area contributed by atoms with Gasteiger partial charge in [0.25, 0.3) is 0 Å². The van der Waals surface area contributed by atoms with Crippen molar-refractivity contribution in [3.63, 3.8) is 0 Å². The summed E-state index contributed by atoms with van der Waals surface area (Å²) in [5.41, 5.74) is 0.424. The van der Waals surface area contributed by atoms with Crippen LogP contribution in [0.3, 0.4) is 0 Å². The highest BCUT2D eigenvalue weighted by molar-refractivity contribution is 5.72. The normalized spacial score (nSPS) is 27.7. The Balaban J connectivity index is 2.07. The fourth-order valence-electron chi connectivity index (χ4n) is 2.09. The fraction of sp³-hybridized carbons (Fsp3) is 0.462. The van der Waals surface area contributed by atoms with Crippen LogP contribution in [-0.2, 0) is 9.53 Å². The van der Waals surface area contributed by atoms with Gasteiger partial charge in [-0.15, -0.1) is 0 Å². The van der Waals surface area contributed by atoms with Gasteiger partial charge in [0, 0.05) is 0 Å². The summed E-state index contributed by atoms with van der Waals surface area (Å²) in [4.78, 5) is 11.0. The molecular formula is C13H16O6. The molecule has 0 spiro atoms. The molecule has 6 heteroatoms. The standard InChI is InChI=1S/C13H16O6/c14-8-6-9(15)19-13(8)12(18)11(17)10(16)7-4-2-1-3-5-7/h1-5,8,10-14,16-18H,6H2/t8-,10+,11+,12+,13+/m1/s1. The Morgan fingerprint density at radius 3 is 2.32 bits per heavy atom. The number of aliphatic hydroxyl groups is 4. The molecule has 5 atom stereocenters. The van der Waals surface area contributed by atoms with E-state index in [0.717, 1.165) is 0 Å². The Hall–Kier alpha value is -1.47. The van der Waals surface area contributed by atoms with Gasteiger partial charge >= 0.3 is 5.97 Å². The van der Waals surface area contributed by atoms with E-state index in [1.807, 2.05) is 0 Å². The second kappa shape index (κ2) is 5.66. The van der Waals surface area contributed by atoms with E-state index in [1.54, 1.807) is 30.3 Å². The van der Waals surface area contributed by atoms with Crippen LogP contribution in [0.2, 0.25) is 0 Å². The Labute approximate surface area is 109 Å².